The molecule has 0 aromatic heterocycles. The zero-order chi connectivity index (χ0) is 11.6. The Morgan fingerprint density at radius 1 is 1.25 bits per heavy atom. The van der Waals surface area contributed by atoms with E-state index in [4.69, 9.17) is 0 Å². The minimum Gasteiger partial charge on any atom is -0.392 e. The van der Waals surface area contributed by atoms with E-state index in [2.05, 4.69) is 26.8 Å². The molecule has 16 heavy (non-hydrogen) atoms. The van der Waals surface area contributed by atoms with Gasteiger partial charge in [0.05, 0.1) is 6.61 Å². The number of aliphatic hydroxyl groups excluding tert-OH is 1. The molecule has 0 amide bonds. The van der Waals surface area contributed by atoms with Crippen LogP contribution in [0.1, 0.15) is 46.5 Å². The number of hydrogen-bond acceptors (Lipinski definition) is 1. The molecule has 3 aliphatic carbocycles. The van der Waals surface area contributed by atoms with Crippen molar-refractivity contribution in [3.05, 3.63) is 11.6 Å². The van der Waals surface area contributed by atoms with E-state index >= 15 is 0 Å². The van der Waals surface area contributed by atoms with Crippen molar-refractivity contribution in [3.63, 3.8) is 0 Å². The van der Waals surface area contributed by atoms with Gasteiger partial charge in [-0.1, -0.05) is 26.8 Å². The molecule has 3 rings (SSSR count). The largest absolute Gasteiger partial charge is 0.392 e. The maximum Gasteiger partial charge on any atom is 0.0644 e. The molecule has 1 nitrogen and oxygen atoms in total. The lowest BCUT2D eigenvalue weighted by molar-refractivity contribution is 0.208. The fourth-order valence-corrected chi connectivity index (χ4v) is 4.61. The Balaban J connectivity index is 1.92. The molecule has 0 saturated heterocycles. The van der Waals surface area contributed by atoms with Crippen molar-refractivity contribution in [1.29, 1.82) is 0 Å². The van der Waals surface area contributed by atoms with Gasteiger partial charge in [0.25, 0.3) is 0 Å². The van der Waals surface area contributed by atoms with Crippen LogP contribution in [0.2, 0.25) is 0 Å². The molecule has 0 bridgehead atoms. The van der Waals surface area contributed by atoms with Crippen LogP contribution in [0.4, 0.5) is 0 Å². The number of fused-ring (bicyclic) bond motifs is 3. The molecule has 2 saturated carbocycles. The Morgan fingerprint density at radius 3 is 2.69 bits per heavy atom. The third-order valence-corrected chi connectivity index (χ3v) is 5.66. The number of allylic oxidation sites excluding steroid dienone is 1. The zero-order valence-electron chi connectivity index (χ0n) is 10.8. The van der Waals surface area contributed by atoms with Crippen LogP contribution < -0.4 is 0 Å². The van der Waals surface area contributed by atoms with Crippen LogP contribution >= 0.6 is 0 Å². The number of rotatable bonds is 1. The fraction of sp³-hybridized carbons (Fsp3) is 0.867. The second-order valence-corrected chi connectivity index (χ2v) is 7.37. The summed E-state index contributed by atoms with van der Waals surface area (Å²) in [4.78, 5) is 0. The van der Waals surface area contributed by atoms with Gasteiger partial charge in [-0.15, -0.1) is 0 Å². The monoisotopic (exact) mass is 220 g/mol. The van der Waals surface area contributed by atoms with Gasteiger partial charge in [0.1, 0.15) is 0 Å². The first-order valence-electron chi connectivity index (χ1n) is 6.76. The maximum absolute atomic E-state index is 9.48. The van der Waals surface area contributed by atoms with Gasteiger partial charge in [-0.05, 0) is 59.8 Å². The molecular formula is C15H24O. The predicted octanol–water partition coefficient (Wildman–Crippen LogP) is 3.39. The molecule has 4 atom stereocenters. The van der Waals surface area contributed by atoms with E-state index in [-0.39, 0.29) is 6.61 Å². The van der Waals surface area contributed by atoms with Crippen LogP contribution in [0.3, 0.4) is 0 Å². The third-order valence-electron chi connectivity index (χ3n) is 5.66. The minimum atomic E-state index is 0.290. The molecule has 0 heterocycles. The molecule has 0 aliphatic heterocycles. The van der Waals surface area contributed by atoms with Gasteiger partial charge in [-0.2, -0.15) is 0 Å². The highest BCUT2D eigenvalue weighted by atomic mass is 16.3. The molecule has 0 radical (unpaired) electrons. The normalized spacial score (nSPS) is 49.0. The van der Waals surface area contributed by atoms with Crippen molar-refractivity contribution in [1.82, 2.24) is 0 Å². The topological polar surface area (TPSA) is 20.2 Å². The smallest absolute Gasteiger partial charge is 0.0644 e. The lowest BCUT2D eigenvalue weighted by Crippen LogP contribution is -2.23. The molecule has 2 fully saturated rings. The average Bonchev–Trinajstić information content (AvgIpc) is 2.68. The highest BCUT2D eigenvalue weighted by Crippen LogP contribution is 2.69. The Kier molecular flexibility index (Phi) is 2.12. The first-order chi connectivity index (χ1) is 7.46. The van der Waals surface area contributed by atoms with Gasteiger partial charge < -0.3 is 5.11 Å². The summed E-state index contributed by atoms with van der Waals surface area (Å²) in [6, 6.07) is 0. The van der Waals surface area contributed by atoms with E-state index in [1.807, 2.05) is 0 Å². The van der Waals surface area contributed by atoms with Crippen molar-refractivity contribution < 1.29 is 5.11 Å². The quantitative estimate of drug-likeness (QED) is 0.672. The van der Waals surface area contributed by atoms with Crippen LogP contribution in [0.5, 0.6) is 0 Å². The molecule has 4 unspecified atom stereocenters. The SMILES string of the molecule is CC1(C)CC2C(CO)=CCC2C2(C)CC2C1. The van der Waals surface area contributed by atoms with Crippen molar-refractivity contribution in [2.24, 2.45) is 28.6 Å². The van der Waals surface area contributed by atoms with Crippen LogP contribution in [0.25, 0.3) is 0 Å². The third kappa shape index (κ3) is 1.40. The van der Waals surface area contributed by atoms with Gasteiger partial charge in [0.2, 0.25) is 0 Å². The van der Waals surface area contributed by atoms with Gasteiger partial charge in [0.15, 0.2) is 0 Å². The van der Waals surface area contributed by atoms with Crippen LogP contribution in [0.15, 0.2) is 11.6 Å². The Morgan fingerprint density at radius 2 is 2.00 bits per heavy atom. The van der Waals surface area contributed by atoms with Gasteiger partial charge in [-0.3, -0.25) is 0 Å². The summed E-state index contributed by atoms with van der Waals surface area (Å²) in [6.07, 6.45) is 7.68. The van der Waals surface area contributed by atoms with E-state index in [1.165, 1.54) is 31.3 Å². The first kappa shape index (κ1) is 10.8. The second-order valence-electron chi connectivity index (χ2n) is 7.37. The minimum absolute atomic E-state index is 0.290. The maximum atomic E-state index is 9.48. The Hall–Kier alpha value is -0.300. The molecule has 0 aromatic rings. The van der Waals surface area contributed by atoms with E-state index in [1.54, 1.807) is 0 Å². The zero-order valence-corrected chi connectivity index (χ0v) is 10.8. The summed E-state index contributed by atoms with van der Waals surface area (Å²) in [5.41, 5.74) is 2.42. The standard InChI is InChI=1S/C15H24O/c1-14(2)6-11-7-15(11,3)13-5-4-10(9-16)12(13)8-14/h4,11-13,16H,5-9H2,1-3H3. The van der Waals surface area contributed by atoms with Crippen molar-refractivity contribution in [3.8, 4) is 0 Å². The lowest BCUT2D eigenvalue weighted by Gasteiger charge is -2.31. The summed E-state index contributed by atoms with van der Waals surface area (Å²) < 4.78 is 0. The first-order valence-corrected chi connectivity index (χ1v) is 6.76. The summed E-state index contributed by atoms with van der Waals surface area (Å²) >= 11 is 0. The van der Waals surface area contributed by atoms with Gasteiger partial charge >= 0.3 is 0 Å². The Bertz CT molecular complexity index is 341. The van der Waals surface area contributed by atoms with E-state index in [0.29, 0.717) is 16.7 Å². The van der Waals surface area contributed by atoms with Crippen LogP contribution in [-0.4, -0.2) is 11.7 Å². The molecule has 1 heteroatoms. The summed E-state index contributed by atoms with van der Waals surface area (Å²) in [7, 11) is 0. The summed E-state index contributed by atoms with van der Waals surface area (Å²) in [5, 5.41) is 9.48. The Labute approximate surface area is 98.9 Å². The van der Waals surface area contributed by atoms with Gasteiger partial charge in [0, 0.05) is 0 Å². The molecular weight excluding hydrogens is 196 g/mol. The number of hydrogen-bond donors (Lipinski definition) is 1. The van der Waals surface area contributed by atoms with Crippen LogP contribution in [-0.2, 0) is 0 Å². The molecule has 0 aromatic carbocycles. The van der Waals surface area contributed by atoms with E-state index < -0.39 is 0 Å². The van der Waals surface area contributed by atoms with Crippen molar-refractivity contribution >= 4 is 0 Å². The van der Waals surface area contributed by atoms with Crippen LogP contribution in [0, 0.1) is 28.6 Å². The molecule has 1 N–H and O–H groups in total. The van der Waals surface area contributed by atoms with Crippen molar-refractivity contribution in [2.75, 3.05) is 6.61 Å². The lowest BCUT2D eigenvalue weighted by atomic mass is 9.74. The van der Waals surface area contributed by atoms with Gasteiger partial charge in [-0.25, -0.2) is 0 Å². The summed E-state index contributed by atoms with van der Waals surface area (Å²) in [5.74, 6) is 2.47. The van der Waals surface area contributed by atoms with Crippen molar-refractivity contribution in [2.45, 2.75) is 46.5 Å². The molecule has 90 valence electrons. The van der Waals surface area contributed by atoms with E-state index in [0.717, 1.165) is 11.8 Å². The second kappa shape index (κ2) is 3.13. The molecule has 0 spiro atoms. The highest BCUT2D eigenvalue weighted by Gasteiger charge is 2.61. The number of aliphatic hydroxyl groups is 1. The van der Waals surface area contributed by atoms with E-state index in [9.17, 15) is 5.11 Å². The highest BCUT2D eigenvalue weighted by molar-refractivity contribution is 5.23. The fourth-order valence-electron chi connectivity index (χ4n) is 4.61. The predicted molar refractivity (Wildman–Crippen MR) is 66.0 cm³/mol. The average molecular weight is 220 g/mol. The summed E-state index contributed by atoms with van der Waals surface area (Å²) in [6.45, 7) is 7.62. The molecule has 3 aliphatic rings.